The summed E-state index contributed by atoms with van der Waals surface area (Å²) in [6.45, 7) is 8.71. The van der Waals surface area contributed by atoms with Gasteiger partial charge in [0.15, 0.2) is 5.82 Å². The topological polar surface area (TPSA) is 126 Å². The lowest BCUT2D eigenvalue weighted by atomic mass is 10.0. The third kappa shape index (κ3) is 5.78. The lowest BCUT2D eigenvalue weighted by Gasteiger charge is -2.34. The number of piperazine rings is 1. The predicted molar refractivity (Wildman–Crippen MR) is 164 cm³/mol. The van der Waals surface area contributed by atoms with Crippen molar-refractivity contribution < 1.29 is 22.0 Å². The van der Waals surface area contributed by atoms with Crippen molar-refractivity contribution >= 4 is 33.1 Å². The summed E-state index contributed by atoms with van der Waals surface area (Å²) in [5.74, 6) is -2.15. The van der Waals surface area contributed by atoms with Gasteiger partial charge in [-0.2, -0.15) is 9.40 Å². The molecule has 44 heavy (non-hydrogen) atoms. The van der Waals surface area contributed by atoms with Gasteiger partial charge in [0, 0.05) is 61.8 Å². The number of benzene rings is 2. The van der Waals surface area contributed by atoms with Crippen LogP contribution in [0.25, 0.3) is 0 Å². The number of H-pyrrole nitrogens is 1. The molecule has 2 aromatic carbocycles. The number of amides is 1. The number of hydrogen-bond donors (Lipinski definition) is 4. The van der Waals surface area contributed by atoms with Crippen molar-refractivity contribution in [2.45, 2.75) is 49.7 Å². The van der Waals surface area contributed by atoms with Gasteiger partial charge in [0.2, 0.25) is 10.0 Å². The summed E-state index contributed by atoms with van der Waals surface area (Å²) >= 11 is 0. The Morgan fingerprint density at radius 2 is 1.70 bits per heavy atom. The second-order valence-corrected chi connectivity index (χ2v) is 14.1. The Morgan fingerprint density at radius 3 is 2.39 bits per heavy atom. The fourth-order valence-corrected chi connectivity index (χ4v) is 8.03. The number of anilines is 3. The SMILES string of the molecule is CN1CCN(c2ccc(C(=O)Nc3n[nH]c4c3CN(S(=O)(=O)c3cc(F)cc(F)c3)C4(C)C)c(NC3CCNCC3)c2)CC1. The first-order valence-electron chi connectivity index (χ1n) is 14.9. The number of nitrogens with one attached hydrogen (secondary N) is 4. The van der Waals surface area contributed by atoms with E-state index in [0.29, 0.717) is 22.9 Å². The van der Waals surface area contributed by atoms with Gasteiger partial charge in [-0.15, -0.1) is 0 Å². The van der Waals surface area contributed by atoms with Crippen molar-refractivity contribution in [3.8, 4) is 0 Å². The van der Waals surface area contributed by atoms with Crippen LogP contribution in [0.4, 0.5) is 26.0 Å². The minimum Gasteiger partial charge on any atom is -0.382 e. The number of rotatable bonds is 7. The Bertz CT molecular complexity index is 1640. The zero-order valence-corrected chi connectivity index (χ0v) is 25.9. The Hall–Kier alpha value is -3.59. The fraction of sp³-hybridized carbons (Fsp3) is 0.467. The van der Waals surface area contributed by atoms with Gasteiger partial charge in [0.1, 0.15) is 11.6 Å². The number of carbonyl (C=O) groups excluding carboxylic acids is 1. The largest absolute Gasteiger partial charge is 0.382 e. The predicted octanol–water partition coefficient (Wildman–Crippen LogP) is 3.30. The summed E-state index contributed by atoms with van der Waals surface area (Å²) in [7, 11) is -2.19. The Balaban J connectivity index is 1.27. The molecule has 236 valence electrons. The van der Waals surface area contributed by atoms with Crippen LogP contribution in [0.3, 0.4) is 0 Å². The second kappa shape index (κ2) is 11.7. The minimum atomic E-state index is -4.30. The maximum absolute atomic E-state index is 13.9. The van der Waals surface area contributed by atoms with Crippen LogP contribution in [-0.2, 0) is 22.1 Å². The summed E-state index contributed by atoms with van der Waals surface area (Å²) in [5, 5.41) is 17.1. The van der Waals surface area contributed by atoms with Crippen molar-refractivity contribution in [2.75, 3.05) is 61.8 Å². The summed E-state index contributed by atoms with van der Waals surface area (Å²) in [6.07, 6.45) is 1.86. The molecule has 14 heteroatoms. The second-order valence-electron chi connectivity index (χ2n) is 12.2. The molecular formula is C30H38F2N8O3S. The number of sulfonamides is 1. The zero-order valence-electron chi connectivity index (χ0n) is 25.1. The molecule has 0 aliphatic carbocycles. The number of aromatic nitrogens is 2. The van der Waals surface area contributed by atoms with Crippen LogP contribution in [0.15, 0.2) is 41.3 Å². The first-order chi connectivity index (χ1) is 20.9. The summed E-state index contributed by atoms with van der Waals surface area (Å²) in [5.41, 5.74) is 2.09. The molecule has 0 saturated carbocycles. The van der Waals surface area contributed by atoms with Gasteiger partial charge in [-0.25, -0.2) is 17.2 Å². The molecule has 0 atom stereocenters. The van der Waals surface area contributed by atoms with E-state index in [-0.39, 0.29) is 24.3 Å². The fourth-order valence-electron chi connectivity index (χ4n) is 6.26. The molecule has 1 aromatic heterocycles. The number of fused-ring (bicyclic) bond motifs is 1. The molecule has 0 radical (unpaired) electrons. The highest BCUT2D eigenvalue weighted by atomic mass is 32.2. The highest BCUT2D eigenvalue weighted by molar-refractivity contribution is 7.89. The van der Waals surface area contributed by atoms with Gasteiger partial charge in [-0.05, 0) is 77.2 Å². The maximum atomic E-state index is 13.9. The van der Waals surface area contributed by atoms with Crippen LogP contribution in [0.2, 0.25) is 0 Å². The van der Waals surface area contributed by atoms with Crippen LogP contribution in [0.1, 0.15) is 48.3 Å². The lowest BCUT2D eigenvalue weighted by molar-refractivity contribution is 0.102. The molecule has 2 saturated heterocycles. The molecule has 11 nitrogen and oxygen atoms in total. The summed E-state index contributed by atoms with van der Waals surface area (Å²) in [6, 6.07) is 8.24. The number of halogens is 2. The zero-order chi connectivity index (χ0) is 31.2. The summed E-state index contributed by atoms with van der Waals surface area (Å²) in [4.78, 5) is 17.9. The first kappa shape index (κ1) is 30.4. The molecule has 3 aliphatic heterocycles. The molecule has 1 amide bonds. The molecule has 0 unspecified atom stereocenters. The Kier molecular flexibility index (Phi) is 8.11. The average molecular weight is 629 g/mol. The van der Waals surface area contributed by atoms with Gasteiger partial charge in [-0.1, -0.05) is 0 Å². The quantitative estimate of drug-likeness (QED) is 0.314. The smallest absolute Gasteiger partial charge is 0.258 e. The number of likely N-dealkylation sites (N-methyl/N-ethyl adjacent to an activating group) is 1. The summed E-state index contributed by atoms with van der Waals surface area (Å²) < 4.78 is 56.1. The maximum Gasteiger partial charge on any atom is 0.258 e. The molecule has 6 rings (SSSR count). The van der Waals surface area contributed by atoms with Crippen molar-refractivity contribution in [2.24, 2.45) is 0 Å². The Morgan fingerprint density at radius 1 is 1.02 bits per heavy atom. The van der Waals surface area contributed by atoms with Crippen LogP contribution in [0.5, 0.6) is 0 Å². The molecule has 3 aliphatic rings. The van der Waals surface area contributed by atoms with E-state index in [1.54, 1.807) is 13.8 Å². The van der Waals surface area contributed by atoms with Gasteiger partial charge in [0.25, 0.3) is 5.91 Å². The monoisotopic (exact) mass is 628 g/mol. The Labute approximate surface area is 256 Å². The number of piperidine rings is 1. The number of nitrogens with zero attached hydrogens (tertiary/aromatic N) is 4. The van der Waals surface area contributed by atoms with E-state index in [4.69, 9.17) is 0 Å². The van der Waals surface area contributed by atoms with Crippen LogP contribution in [-0.4, -0.2) is 86.1 Å². The van der Waals surface area contributed by atoms with E-state index in [1.807, 2.05) is 18.2 Å². The van der Waals surface area contributed by atoms with Crippen LogP contribution < -0.4 is 20.9 Å². The van der Waals surface area contributed by atoms with Gasteiger partial charge < -0.3 is 25.8 Å². The van der Waals surface area contributed by atoms with E-state index in [2.05, 4.69) is 43.0 Å². The van der Waals surface area contributed by atoms with Crippen LogP contribution in [0, 0.1) is 11.6 Å². The van der Waals surface area contributed by atoms with Crippen LogP contribution >= 0.6 is 0 Å². The van der Waals surface area contributed by atoms with E-state index < -0.39 is 32.1 Å². The van der Waals surface area contributed by atoms with E-state index in [1.165, 1.54) is 0 Å². The van der Waals surface area contributed by atoms with Crippen molar-refractivity contribution in [1.29, 1.82) is 0 Å². The van der Waals surface area contributed by atoms with Crippen molar-refractivity contribution in [1.82, 2.24) is 24.7 Å². The standard InChI is InChI=1S/C30H38F2N8O3S/c1-30(2)27-25(18-40(30)44(42,43)23-15-19(31)14-20(32)16-23)28(37-36-27)35-29(41)24-5-4-22(39-12-10-38(3)11-13-39)17-26(24)34-21-6-8-33-9-7-21/h4-5,14-17,21,33-34H,6-13,18H2,1-3H3,(H2,35,36,37,41). The molecule has 4 heterocycles. The molecule has 0 bridgehead atoms. The number of carbonyl (C=O) groups is 1. The molecule has 4 N–H and O–H groups in total. The highest BCUT2D eigenvalue weighted by Crippen LogP contribution is 2.44. The van der Waals surface area contributed by atoms with Crippen molar-refractivity contribution in [3.63, 3.8) is 0 Å². The molecule has 2 fully saturated rings. The minimum absolute atomic E-state index is 0.141. The normalized spacial score (nSPS) is 19.6. The third-order valence-electron chi connectivity index (χ3n) is 8.88. The van der Waals surface area contributed by atoms with Gasteiger partial charge in [-0.3, -0.25) is 9.89 Å². The van der Waals surface area contributed by atoms with E-state index in [0.717, 1.165) is 79.9 Å². The number of hydrogen-bond acceptors (Lipinski definition) is 8. The van der Waals surface area contributed by atoms with Gasteiger partial charge in [0.05, 0.1) is 21.7 Å². The number of aromatic amines is 1. The van der Waals surface area contributed by atoms with E-state index >= 15 is 0 Å². The third-order valence-corrected chi connectivity index (χ3v) is 10.9. The lowest BCUT2D eigenvalue weighted by Crippen LogP contribution is -2.44. The molecule has 3 aromatic rings. The highest BCUT2D eigenvalue weighted by Gasteiger charge is 2.48. The van der Waals surface area contributed by atoms with E-state index in [9.17, 15) is 22.0 Å². The van der Waals surface area contributed by atoms with Gasteiger partial charge >= 0.3 is 0 Å². The average Bonchev–Trinajstić information content (AvgIpc) is 3.51. The molecule has 0 spiro atoms. The van der Waals surface area contributed by atoms with Crippen molar-refractivity contribution in [3.05, 3.63) is 64.9 Å². The first-order valence-corrected chi connectivity index (χ1v) is 16.3. The molecular weight excluding hydrogens is 590 g/mol.